The first-order chi connectivity index (χ1) is 12.5. The lowest BCUT2D eigenvalue weighted by Gasteiger charge is -2.18. The third-order valence-electron chi connectivity index (χ3n) is 4.38. The zero-order valence-corrected chi connectivity index (χ0v) is 15.8. The van der Waals surface area contributed by atoms with Crippen molar-refractivity contribution in [2.75, 3.05) is 12.4 Å². The molecule has 26 heavy (non-hydrogen) atoms. The van der Waals surface area contributed by atoms with Gasteiger partial charge in [0.1, 0.15) is 5.75 Å². The monoisotopic (exact) mass is 373 g/mol. The van der Waals surface area contributed by atoms with E-state index >= 15 is 0 Å². The molecule has 2 amide bonds. The Kier molecular flexibility index (Phi) is 5.88. The normalized spacial score (nSPS) is 14.2. The van der Waals surface area contributed by atoms with Crippen LogP contribution in [0.5, 0.6) is 5.75 Å². The van der Waals surface area contributed by atoms with Gasteiger partial charge in [0.25, 0.3) is 0 Å². The van der Waals surface area contributed by atoms with Crippen LogP contribution < -0.4 is 15.4 Å². The van der Waals surface area contributed by atoms with Crippen molar-refractivity contribution in [2.45, 2.75) is 45.1 Å². The number of fused-ring (bicyclic) bond motifs is 1. The van der Waals surface area contributed by atoms with Crippen LogP contribution in [0.25, 0.3) is 0 Å². The Balaban J connectivity index is 1.68. The van der Waals surface area contributed by atoms with E-state index in [-0.39, 0.29) is 18.2 Å². The Hall–Kier alpha value is -2.41. The molecule has 0 fully saturated rings. The second-order valence-electron chi connectivity index (χ2n) is 6.37. The maximum atomic E-state index is 12.5. The number of hydrogen-bond acceptors (Lipinski definition) is 5. The molecule has 138 valence electrons. The second kappa shape index (κ2) is 8.31. The van der Waals surface area contributed by atoms with Gasteiger partial charge in [-0.1, -0.05) is 12.1 Å². The average Bonchev–Trinajstić information content (AvgIpc) is 3.03. The summed E-state index contributed by atoms with van der Waals surface area (Å²) in [6.45, 7) is 1.45. The van der Waals surface area contributed by atoms with Crippen LogP contribution in [0.1, 0.15) is 48.4 Å². The topological polar surface area (TPSA) is 80.3 Å². The fourth-order valence-electron chi connectivity index (χ4n) is 3.09. The minimum absolute atomic E-state index is 0.149. The van der Waals surface area contributed by atoms with Gasteiger partial charge in [0.2, 0.25) is 11.8 Å². The first-order valence-electron chi connectivity index (χ1n) is 8.74. The third-order valence-corrected chi connectivity index (χ3v) is 5.45. The minimum atomic E-state index is -0.395. The SMILES string of the molecule is COc1ccc([C@H](CC(=O)Nc2nc3c(s2)CCCC3)NC(C)=O)cc1. The van der Waals surface area contributed by atoms with E-state index in [1.165, 1.54) is 18.2 Å². The number of aryl methyl sites for hydroxylation is 2. The lowest BCUT2D eigenvalue weighted by molar-refractivity contribution is -0.120. The molecule has 1 heterocycles. The number of nitrogens with one attached hydrogen (secondary N) is 2. The molecule has 0 aliphatic heterocycles. The van der Waals surface area contributed by atoms with Crippen molar-refractivity contribution in [3.05, 3.63) is 40.4 Å². The number of amides is 2. The maximum Gasteiger partial charge on any atom is 0.228 e. The molecule has 0 saturated carbocycles. The maximum absolute atomic E-state index is 12.5. The summed E-state index contributed by atoms with van der Waals surface area (Å²) in [5, 5.41) is 6.38. The summed E-state index contributed by atoms with van der Waals surface area (Å²) < 4.78 is 5.16. The highest BCUT2D eigenvalue weighted by Gasteiger charge is 2.20. The lowest BCUT2D eigenvalue weighted by Crippen LogP contribution is -2.29. The number of anilines is 1. The van der Waals surface area contributed by atoms with E-state index in [1.54, 1.807) is 18.4 Å². The van der Waals surface area contributed by atoms with E-state index in [2.05, 4.69) is 15.6 Å². The van der Waals surface area contributed by atoms with E-state index < -0.39 is 6.04 Å². The van der Waals surface area contributed by atoms with Crippen molar-refractivity contribution >= 4 is 28.3 Å². The largest absolute Gasteiger partial charge is 0.497 e. The van der Waals surface area contributed by atoms with Gasteiger partial charge in [0.05, 0.1) is 25.3 Å². The van der Waals surface area contributed by atoms with Gasteiger partial charge in [-0.05, 0) is 43.4 Å². The van der Waals surface area contributed by atoms with Crippen LogP contribution >= 0.6 is 11.3 Å². The van der Waals surface area contributed by atoms with Crippen LogP contribution in [-0.4, -0.2) is 23.9 Å². The molecule has 1 atom stereocenters. The van der Waals surface area contributed by atoms with Crippen molar-refractivity contribution in [3.8, 4) is 5.75 Å². The predicted octanol–water partition coefficient (Wildman–Crippen LogP) is 3.24. The first kappa shape index (κ1) is 18.4. The highest BCUT2D eigenvalue weighted by molar-refractivity contribution is 7.15. The molecule has 2 N–H and O–H groups in total. The predicted molar refractivity (Wildman–Crippen MR) is 102 cm³/mol. The van der Waals surface area contributed by atoms with E-state index in [9.17, 15) is 9.59 Å². The van der Waals surface area contributed by atoms with Gasteiger partial charge in [-0.3, -0.25) is 9.59 Å². The lowest BCUT2D eigenvalue weighted by atomic mass is 10.0. The van der Waals surface area contributed by atoms with Gasteiger partial charge >= 0.3 is 0 Å². The molecular formula is C19H23N3O3S. The van der Waals surface area contributed by atoms with Crippen LogP contribution in [0.3, 0.4) is 0 Å². The van der Waals surface area contributed by atoms with Crippen LogP contribution in [0.15, 0.2) is 24.3 Å². The summed E-state index contributed by atoms with van der Waals surface area (Å²) in [6.07, 6.45) is 4.53. The van der Waals surface area contributed by atoms with Crippen LogP contribution in [0.4, 0.5) is 5.13 Å². The Morgan fingerprint density at radius 2 is 1.96 bits per heavy atom. The van der Waals surface area contributed by atoms with Crippen LogP contribution in [-0.2, 0) is 22.4 Å². The van der Waals surface area contributed by atoms with E-state index in [4.69, 9.17) is 4.74 Å². The number of benzene rings is 1. The Bertz CT molecular complexity index is 762. The number of thiazole rings is 1. The second-order valence-corrected chi connectivity index (χ2v) is 7.46. The smallest absolute Gasteiger partial charge is 0.228 e. The van der Waals surface area contributed by atoms with E-state index in [0.29, 0.717) is 5.13 Å². The first-order valence-corrected chi connectivity index (χ1v) is 9.56. The summed E-state index contributed by atoms with van der Waals surface area (Å²) in [5.74, 6) is 0.391. The van der Waals surface area contributed by atoms with Gasteiger partial charge in [0, 0.05) is 11.8 Å². The molecule has 0 radical (unpaired) electrons. The standard InChI is InChI=1S/C19H23N3O3S/c1-12(23)20-16(13-7-9-14(25-2)10-8-13)11-18(24)22-19-21-15-5-3-4-6-17(15)26-19/h7-10,16H,3-6,11H2,1-2H3,(H,20,23)(H,21,22,24)/t16-/m0/s1. The summed E-state index contributed by atoms with van der Waals surface area (Å²) in [6, 6.07) is 6.95. The molecule has 1 aromatic heterocycles. The number of nitrogens with zero attached hydrogens (tertiary/aromatic N) is 1. The van der Waals surface area contributed by atoms with E-state index in [0.717, 1.165) is 36.3 Å². The molecule has 3 rings (SSSR count). The summed E-state index contributed by atoms with van der Waals surface area (Å²) in [4.78, 5) is 29.9. The van der Waals surface area contributed by atoms with Gasteiger partial charge in [-0.25, -0.2) is 4.98 Å². The quantitative estimate of drug-likeness (QED) is 0.815. The molecule has 0 saturated heterocycles. The summed E-state index contributed by atoms with van der Waals surface area (Å²) in [5.41, 5.74) is 1.97. The average molecular weight is 373 g/mol. The van der Waals surface area contributed by atoms with Crippen molar-refractivity contribution in [1.82, 2.24) is 10.3 Å². The van der Waals surface area contributed by atoms with Crippen molar-refractivity contribution < 1.29 is 14.3 Å². The zero-order valence-electron chi connectivity index (χ0n) is 15.0. The minimum Gasteiger partial charge on any atom is -0.497 e. The van der Waals surface area contributed by atoms with Gasteiger partial charge in [-0.2, -0.15) is 0 Å². The third kappa shape index (κ3) is 4.60. The fraction of sp³-hybridized carbons (Fsp3) is 0.421. The number of aromatic nitrogens is 1. The molecule has 0 bridgehead atoms. The molecule has 0 spiro atoms. The number of rotatable bonds is 6. The Morgan fingerprint density at radius 1 is 1.23 bits per heavy atom. The highest BCUT2D eigenvalue weighted by atomic mass is 32.1. The molecule has 6 nitrogen and oxygen atoms in total. The molecule has 2 aromatic rings. The van der Waals surface area contributed by atoms with Crippen LogP contribution in [0, 0.1) is 0 Å². The molecular weight excluding hydrogens is 350 g/mol. The van der Waals surface area contributed by atoms with Crippen LogP contribution in [0.2, 0.25) is 0 Å². The molecule has 1 aliphatic carbocycles. The van der Waals surface area contributed by atoms with Gasteiger partial charge in [0.15, 0.2) is 5.13 Å². The summed E-state index contributed by atoms with van der Waals surface area (Å²) >= 11 is 1.56. The Labute approximate surface area is 157 Å². The Morgan fingerprint density at radius 3 is 2.62 bits per heavy atom. The molecule has 0 unspecified atom stereocenters. The van der Waals surface area contributed by atoms with Crippen molar-refractivity contribution in [1.29, 1.82) is 0 Å². The van der Waals surface area contributed by atoms with Gasteiger partial charge < -0.3 is 15.4 Å². The van der Waals surface area contributed by atoms with E-state index in [1.807, 2.05) is 24.3 Å². The number of ether oxygens (including phenoxy) is 1. The molecule has 7 heteroatoms. The molecule has 1 aromatic carbocycles. The van der Waals surface area contributed by atoms with Crippen molar-refractivity contribution in [2.24, 2.45) is 0 Å². The number of carbonyl (C=O) groups is 2. The zero-order chi connectivity index (χ0) is 18.5. The fourth-order valence-corrected chi connectivity index (χ4v) is 4.16. The number of methoxy groups -OCH3 is 1. The van der Waals surface area contributed by atoms with Gasteiger partial charge in [-0.15, -0.1) is 11.3 Å². The highest BCUT2D eigenvalue weighted by Crippen LogP contribution is 2.30. The number of carbonyl (C=O) groups excluding carboxylic acids is 2. The summed E-state index contributed by atoms with van der Waals surface area (Å²) in [7, 11) is 1.60. The number of hydrogen-bond donors (Lipinski definition) is 2. The van der Waals surface area contributed by atoms with Crippen molar-refractivity contribution in [3.63, 3.8) is 0 Å². The molecule has 1 aliphatic rings.